The van der Waals surface area contributed by atoms with Crippen molar-refractivity contribution in [1.82, 2.24) is 4.90 Å². The van der Waals surface area contributed by atoms with E-state index in [1.54, 1.807) is 19.2 Å². The Hall–Kier alpha value is -3.44. The van der Waals surface area contributed by atoms with Crippen molar-refractivity contribution in [3.63, 3.8) is 0 Å². The molecule has 3 nitrogen and oxygen atoms in total. The van der Waals surface area contributed by atoms with Crippen LogP contribution in [0.25, 0.3) is 27.9 Å². The summed E-state index contributed by atoms with van der Waals surface area (Å²) in [6.45, 7) is 2.51. The number of rotatable bonds is 5. The second kappa shape index (κ2) is 8.60. The van der Waals surface area contributed by atoms with Gasteiger partial charge in [0.15, 0.2) is 11.3 Å². The van der Waals surface area contributed by atoms with Gasteiger partial charge in [0.1, 0.15) is 17.4 Å². The number of furan rings is 1. The van der Waals surface area contributed by atoms with Crippen LogP contribution in [0, 0.1) is 11.6 Å². The SMILES string of the molecule is COc1ccc(CN2CC=C(c3ccc(F)cc3)CC2)c2cc(-c3ccc(F)cc3)oc12. The predicted octanol–water partition coefficient (Wildman–Crippen LogP) is 6.68. The van der Waals surface area contributed by atoms with Crippen LogP contribution in [0.4, 0.5) is 8.78 Å². The van der Waals surface area contributed by atoms with Gasteiger partial charge in [-0.2, -0.15) is 0 Å². The quantitative estimate of drug-likeness (QED) is 0.353. The van der Waals surface area contributed by atoms with Crippen LogP contribution >= 0.6 is 0 Å². The van der Waals surface area contributed by atoms with Crippen LogP contribution in [-0.4, -0.2) is 25.1 Å². The molecule has 0 unspecified atom stereocenters. The van der Waals surface area contributed by atoms with Crippen LogP contribution in [0.2, 0.25) is 0 Å². The third kappa shape index (κ3) is 4.04. The number of hydrogen-bond acceptors (Lipinski definition) is 3. The average Bonchev–Trinajstić information content (AvgIpc) is 3.27. The molecule has 5 heteroatoms. The minimum atomic E-state index is -0.277. The van der Waals surface area contributed by atoms with Crippen molar-refractivity contribution >= 4 is 16.5 Å². The van der Waals surface area contributed by atoms with Gasteiger partial charge in [0.2, 0.25) is 0 Å². The Morgan fingerprint density at radius 3 is 2.22 bits per heavy atom. The van der Waals surface area contributed by atoms with Crippen molar-refractivity contribution in [3.05, 3.63) is 95.6 Å². The molecular weight excluding hydrogens is 408 g/mol. The van der Waals surface area contributed by atoms with E-state index in [0.29, 0.717) is 17.1 Å². The number of methoxy groups -OCH3 is 1. The summed E-state index contributed by atoms with van der Waals surface area (Å²) in [7, 11) is 1.63. The average molecular weight is 431 g/mol. The number of ether oxygens (including phenoxy) is 1. The molecule has 4 aromatic rings. The molecule has 1 aromatic heterocycles. The molecule has 1 aliphatic heterocycles. The van der Waals surface area contributed by atoms with E-state index in [9.17, 15) is 8.78 Å². The molecule has 0 atom stereocenters. The normalized spacial score (nSPS) is 14.5. The molecule has 2 heterocycles. The predicted molar refractivity (Wildman–Crippen MR) is 122 cm³/mol. The Morgan fingerprint density at radius 1 is 0.906 bits per heavy atom. The molecule has 0 saturated heterocycles. The maximum absolute atomic E-state index is 13.3. The largest absolute Gasteiger partial charge is 0.493 e. The summed E-state index contributed by atoms with van der Waals surface area (Å²) in [5.74, 6) is 0.869. The molecule has 1 aliphatic rings. The van der Waals surface area contributed by atoms with Gasteiger partial charge in [-0.3, -0.25) is 4.90 Å². The molecule has 162 valence electrons. The molecule has 0 spiro atoms. The summed E-state index contributed by atoms with van der Waals surface area (Å²) in [5.41, 5.74) is 5.00. The first-order valence-electron chi connectivity index (χ1n) is 10.6. The van der Waals surface area contributed by atoms with Crippen LogP contribution in [0.5, 0.6) is 5.75 Å². The monoisotopic (exact) mass is 431 g/mol. The van der Waals surface area contributed by atoms with Gasteiger partial charge < -0.3 is 9.15 Å². The highest BCUT2D eigenvalue weighted by molar-refractivity contribution is 5.90. The molecule has 0 saturated carbocycles. The summed E-state index contributed by atoms with van der Waals surface area (Å²) in [4.78, 5) is 2.37. The number of nitrogens with zero attached hydrogens (tertiary/aromatic N) is 1. The zero-order chi connectivity index (χ0) is 22.1. The van der Waals surface area contributed by atoms with Gasteiger partial charge in [0, 0.05) is 30.6 Å². The fourth-order valence-corrected chi connectivity index (χ4v) is 4.23. The summed E-state index contributed by atoms with van der Waals surface area (Å²) < 4.78 is 38.2. The zero-order valence-electron chi connectivity index (χ0n) is 17.8. The smallest absolute Gasteiger partial charge is 0.176 e. The highest BCUT2D eigenvalue weighted by Crippen LogP contribution is 2.36. The topological polar surface area (TPSA) is 25.6 Å². The van der Waals surface area contributed by atoms with Gasteiger partial charge in [-0.15, -0.1) is 0 Å². The van der Waals surface area contributed by atoms with Gasteiger partial charge >= 0.3 is 0 Å². The lowest BCUT2D eigenvalue weighted by molar-refractivity contribution is 0.295. The van der Waals surface area contributed by atoms with Crippen molar-refractivity contribution in [2.45, 2.75) is 13.0 Å². The number of fused-ring (bicyclic) bond motifs is 1. The lowest BCUT2D eigenvalue weighted by Crippen LogP contribution is -2.28. The number of halogens is 2. The summed E-state index contributed by atoms with van der Waals surface area (Å²) in [6.07, 6.45) is 3.13. The van der Waals surface area contributed by atoms with Crippen molar-refractivity contribution < 1.29 is 17.9 Å². The summed E-state index contributed by atoms with van der Waals surface area (Å²) >= 11 is 0. The van der Waals surface area contributed by atoms with Gasteiger partial charge in [0.05, 0.1) is 7.11 Å². The van der Waals surface area contributed by atoms with Crippen molar-refractivity contribution in [1.29, 1.82) is 0 Å². The highest BCUT2D eigenvalue weighted by atomic mass is 19.1. The summed E-state index contributed by atoms with van der Waals surface area (Å²) in [5, 5.41) is 0.997. The zero-order valence-corrected chi connectivity index (χ0v) is 17.8. The molecular formula is C27H23F2NO2. The first-order chi connectivity index (χ1) is 15.6. The van der Waals surface area contributed by atoms with E-state index in [1.807, 2.05) is 24.3 Å². The molecule has 0 radical (unpaired) electrons. The third-order valence-electron chi connectivity index (χ3n) is 5.99. The molecule has 0 N–H and O–H groups in total. The molecule has 5 rings (SSSR count). The molecule has 0 aliphatic carbocycles. The fraction of sp³-hybridized carbons (Fsp3) is 0.185. The maximum atomic E-state index is 13.3. The van der Waals surface area contributed by atoms with Gasteiger partial charge in [-0.25, -0.2) is 8.78 Å². The first kappa shape index (κ1) is 20.5. The number of benzene rings is 3. The lowest BCUT2D eigenvalue weighted by Gasteiger charge is -2.26. The Balaban J connectivity index is 1.41. The Labute approximate surface area is 185 Å². The third-order valence-corrected chi connectivity index (χ3v) is 5.99. The Kier molecular flexibility index (Phi) is 5.50. The van der Waals surface area contributed by atoms with Crippen LogP contribution in [0.3, 0.4) is 0 Å². The molecule has 0 amide bonds. The second-order valence-corrected chi connectivity index (χ2v) is 8.01. The summed E-state index contributed by atoms with van der Waals surface area (Å²) in [6, 6.07) is 19.0. The molecule has 0 bridgehead atoms. The Bertz CT molecular complexity index is 1270. The highest BCUT2D eigenvalue weighted by Gasteiger charge is 2.18. The van der Waals surface area contributed by atoms with Crippen LogP contribution in [-0.2, 0) is 6.54 Å². The standard InChI is InChI=1S/C27H23F2NO2/c1-31-25-11-6-21(24-16-26(32-27(24)25)20-4-9-23(29)10-5-20)17-30-14-12-19(13-15-30)18-2-7-22(28)8-3-18/h2-12,16H,13-15,17H2,1H3. The first-order valence-corrected chi connectivity index (χ1v) is 10.6. The second-order valence-electron chi connectivity index (χ2n) is 8.01. The van der Waals surface area contributed by atoms with E-state index in [-0.39, 0.29) is 11.6 Å². The van der Waals surface area contributed by atoms with E-state index in [2.05, 4.69) is 17.0 Å². The minimum absolute atomic E-state index is 0.213. The fourth-order valence-electron chi connectivity index (χ4n) is 4.23. The van der Waals surface area contributed by atoms with Crippen LogP contribution in [0.1, 0.15) is 17.5 Å². The molecule has 0 fully saturated rings. The molecule has 32 heavy (non-hydrogen) atoms. The van der Waals surface area contributed by atoms with E-state index >= 15 is 0 Å². The van der Waals surface area contributed by atoms with E-state index in [4.69, 9.17) is 9.15 Å². The van der Waals surface area contributed by atoms with E-state index in [1.165, 1.54) is 29.8 Å². The number of hydrogen-bond donors (Lipinski definition) is 0. The van der Waals surface area contributed by atoms with Gasteiger partial charge in [0.25, 0.3) is 0 Å². The minimum Gasteiger partial charge on any atom is -0.493 e. The Morgan fingerprint density at radius 2 is 1.59 bits per heavy atom. The van der Waals surface area contributed by atoms with Gasteiger partial charge in [-0.05, 0) is 71.7 Å². The van der Waals surface area contributed by atoms with Crippen molar-refractivity contribution in [2.24, 2.45) is 0 Å². The van der Waals surface area contributed by atoms with Crippen LogP contribution in [0.15, 0.2) is 77.2 Å². The van der Waals surface area contributed by atoms with E-state index in [0.717, 1.165) is 48.1 Å². The van der Waals surface area contributed by atoms with Crippen molar-refractivity contribution in [3.8, 4) is 17.1 Å². The van der Waals surface area contributed by atoms with Crippen LogP contribution < -0.4 is 4.74 Å². The van der Waals surface area contributed by atoms with Gasteiger partial charge in [-0.1, -0.05) is 24.3 Å². The van der Waals surface area contributed by atoms with E-state index < -0.39 is 0 Å². The van der Waals surface area contributed by atoms with Crippen molar-refractivity contribution in [2.75, 3.05) is 20.2 Å². The maximum Gasteiger partial charge on any atom is 0.176 e. The molecule has 3 aromatic carbocycles. The lowest BCUT2D eigenvalue weighted by atomic mass is 9.99.